The van der Waals surface area contributed by atoms with Gasteiger partial charge in [0.1, 0.15) is 0 Å². The maximum atomic E-state index is 9.66. The summed E-state index contributed by atoms with van der Waals surface area (Å²) in [6, 6.07) is 4.10. The summed E-state index contributed by atoms with van der Waals surface area (Å²) in [5, 5.41) is 9.66. The Morgan fingerprint density at radius 3 is 2.47 bits per heavy atom. The highest BCUT2D eigenvalue weighted by Gasteiger charge is 2.47. The number of benzene rings is 1. The van der Waals surface area contributed by atoms with Gasteiger partial charge >= 0.3 is 0 Å². The van der Waals surface area contributed by atoms with Crippen LogP contribution in [-0.2, 0) is 10.2 Å². The second-order valence-electron chi connectivity index (χ2n) is 5.46. The van der Waals surface area contributed by atoms with Gasteiger partial charge in [-0.15, -0.1) is 0 Å². The summed E-state index contributed by atoms with van der Waals surface area (Å²) in [5.41, 5.74) is 2.33. The summed E-state index contributed by atoms with van der Waals surface area (Å²) in [7, 11) is 0. The number of aryl methyl sites for hydroxylation is 1. The van der Waals surface area contributed by atoms with Crippen LogP contribution in [0.25, 0.3) is 0 Å². The Kier molecular flexibility index (Phi) is 3.15. The zero-order valence-electron chi connectivity index (χ0n) is 11.4. The summed E-state index contributed by atoms with van der Waals surface area (Å²) < 4.78 is 16.4. The van der Waals surface area contributed by atoms with Crippen molar-refractivity contribution in [1.82, 2.24) is 0 Å². The predicted molar refractivity (Wildman–Crippen MR) is 70.7 cm³/mol. The first-order valence-corrected chi connectivity index (χ1v) is 6.80. The molecule has 1 aromatic rings. The Labute approximate surface area is 113 Å². The number of aliphatic hydroxyl groups is 1. The maximum Gasteiger partial charge on any atom is 0.231 e. The minimum absolute atomic E-state index is 0.0748. The Morgan fingerprint density at radius 1 is 1.26 bits per heavy atom. The molecule has 4 nitrogen and oxygen atoms in total. The number of fused-ring (bicyclic) bond motifs is 1. The van der Waals surface area contributed by atoms with Crippen LogP contribution in [0.3, 0.4) is 0 Å². The normalized spacial score (nSPS) is 21.0. The second-order valence-corrected chi connectivity index (χ2v) is 5.46. The van der Waals surface area contributed by atoms with Gasteiger partial charge in [0.15, 0.2) is 11.5 Å². The number of hydrogen-bond acceptors (Lipinski definition) is 4. The number of aliphatic hydroxyl groups excluding tert-OH is 1. The Balaban J connectivity index is 2.04. The molecule has 0 saturated carbocycles. The van der Waals surface area contributed by atoms with Crippen molar-refractivity contribution in [2.45, 2.75) is 25.7 Å². The molecule has 3 rings (SSSR count). The summed E-state index contributed by atoms with van der Waals surface area (Å²) in [5.74, 6) is 1.84. The van der Waals surface area contributed by atoms with Crippen molar-refractivity contribution in [3.05, 3.63) is 23.3 Å². The molecule has 0 aliphatic carbocycles. The maximum absolute atomic E-state index is 9.66. The van der Waals surface area contributed by atoms with Crippen molar-refractivity contribution in [2.24, 2.45) is 5.92 Å². The predicted octanol–water partition coefficient (Wildman–Crippen LogP) is 2.01. The molecule has 1 fully saturated rings. The van der Waals surface area contributed by atoms with Crippen LogP contribution >= 0.6 is 0 Å². The minimum atomic E-state index is -0.0748. The zero-order valence-corrected chi connectivity index (χ0v) is 11.4. The molecule has 2 aliphatic heterocycles. The van der Waals surface area contributed by atoms with E-state index in [2.05, 4.69) is 19.9 Å². The lowest BCUT2D eigenvalue weighted by Gasteiger charge is -2.47. The van der Waals surface area contributed by atoms with Gasteiger partial charge in [-0.25, -0.2) is 0 Å². The summed E-state index contributed by atoms with van der Waals surface area (Å²) in [4.78, 5) is 0. The fourth-order valence-corrected chi connectivity index (χ4v) is 3.21. The zero-order chi connectivity index (χ0) is 13.5. The van der Waals surface area contributed by atoms with Gasteiger partial charge in [-0.3, -0.25) is 0 Å². The molecule has 0 aromatic heterocycles. The van der Waals surface area contributed by atoms with Crippen molar-refractivity contribution in [3.8, 4) is 11.5 Å². The van der Waals surface area contributed by atoms with Crippen molar-refractivity contribution < 1.29 is 19.3 Å². The molecule has 1 aromatic carbocycles. The van der Waals surface area contributed by atoms with E-state index < -0.39 is 0 Å². The summed E-state index contributed by atoms with van der Waals surface area (Å²) in [6.45, 7) is 6.02. The lowest BCUT2D eigenvalue weighted by Crippen LogP contribution is -2.53. The van der Waals surface area contributed by atoms with Crippen molar-refractivity contribution in [1.29, 1.82) is 0 Å². The average molecular weight is 264 g/mol. The molecule has 104 valence electrons. The smallest absolute Gasteiger partial charge is 0.231 e. The topological polar surface area (TPSA) is 47.9 Å². The number of ether oxygens (including phenoxy) is 3. The van der Waals surface area contributed by atoms with Crippen LogP contribution < -0.4 is 9.47 Å². The van der Waals surface area contributed by atoms with E-state index in [1.54, 1.807) is 0 Å². The van der Waals surface area contributed by atoms with Crippen molar-refractivity contribution in [2.75, 3.05) is 26.6 Å². The second kappa shape index (κ2) is 4.69. The van der Waals surface area contributed by atoms with Crippen molar-refractivity contribution in [3.63, 3.8) is 0 Å². The molecule has 2 aliphatic rings. The molecule has 2 heterocycles. The van der Waals surface area contributed by atoms with Gasteiger partial charge in [-0.1, -0.05) is 13.3 Å². The third-order valence-electron chi connectivity index (χ3n) is 4.47. The molecule has 0 bridgehead atoms. The van der Waals surface area contributed by atoms with E-state index in [-0.39, 0.29) is 17.9 Å². The first-order valence-electron chi connectivity index (χ1n) is 6.80. The van der Waals surface area contributed by atoms with Crippen LogP contribution in [0, 0.1) is 12.8 Å². The van der Waals surface area contributed by atoms with Crippen LogP contribution in [0.4, 0.5) is 0 Å². The summed E-state index contributed by atoms with van der Waals surface area (Å²) >= 11 is 0. The highest BCUT2D eigenvalue weighted by atomic mass is 16.7. The standard InChI is InChI=1S/C15H20O4/c1-3-11(6-16)15(7-17-8-15)12-5-14-13(4-10(12)2)18-9-19-14/h4-5,11,16H,3,6-9H2,1-2H3. The first-order chi connectivity index (χ1) is 9.21. The molecule has 0 spiro atoms. The van der Waals surface area contributed by atoms with Gasteiger partial charge in [-0.2, -0.15) is 0 Å². The van der Waals surface area contributed by atoms with E-state index in [9.17, 15) is 5.11 Å². The third-order valence-corrected chi connectivity index (χ3v) is 4.47. The first kappa shape index (κ1) is 12.8. The average Bonchev–Trinajstić information content (AvgIpc) is 2.80. The molecule has 1 N–H and O–H groups in total. The minimum Gasteiger partial charge on any atom is -0.454 e. The highest BCUT2D eigenvalue weighted by Crippen LogP contribution is 2.46. The van der Waals surface area contributed by atoms with Gasteiger partial charge in [-0.05, 0) is 36.1 Å². The quantitative estimate of drug-likeness (QED) is 0.903. The van der Waals surface area contributed by atoms with Gasteiger partial charge in [0.05, 0.1) is 13.2 Å². The monoisotopic (exact) mass is 264 g/mol. The van der Waals surface area contributed by atoms with Gasteiger partial charge in [0.2, 0.25) is 6.79 Å². The van der Waals surface area contributed by atoms with E-state index in [1.165, 1.54) is 11.1 Å². The molecule has 0 amide bonds. The molecule has 19 heavy (non-hydrogen) atoms. The fraction of sp³-hybridized carbons (Fsp3) is 0.600. The fourth-order valence-electron chi connectivity index (χ4n) is 3.21. The van der Waals surface area contributed by atoms with Gasteiger partial charge in [0.25, 0.3) is 0 Å². The van der Waals surface area contributed by atoms with Crippen molar-refractivity contribution >= 4 is 0 Å². The third kappa shape index (κ3) is 1.82. The Morgan fingerprint density at radius 2 is 1.95 bits per heavy atom. The molecule has 1 unspecified atom stereocenters. The van der Waals surface area contributed by atoms with Crippen LogP contribution in [0.2, 0.25) is 0 Å². The van der Waals surface area contributed by atoms with Crippen LogP contribution in [0.5, 0.6) is 11.5 Å². The molecular formula is C15H20O4. The van der Waals surface area contributed by atoms with E-state index in [0.29, 0.717) is 20.0 Å². The van der Waals surface area contributed by atoms with Crippen LogP contribution in [0.15, 0.2) is 12.1 Å². The number of rotatable bonds is 4. The highest BCUT2D eigenvalue weighted by molar-refractivity contribution is 5.51. The van der Waals surface area contributed by atoms with E-state index in [0.717, 1.165) is 17.9 Å². The van der Waals surface area contributed by atoms with E-state index >= 15 is 0 Å². The molecule has 1 atom stereocenters. The SMILES string of the molecule is CCC(CO)C1(c2cc3c(cc2C)OCO3)COC1. The summed E-state index contributed by atoms with van der Waals surface area (Å²) in [6.07, 6.45) is 0.938. The largest absolute Gasteiger partial charge is 0.454 e. The van der Waals surface area contributed by atoms with Crippen LogP contribution in [0.1, 0.15) is 24.5 Å². The van der Waals surface area contributed by atoms with E-state index in [4.69, 9.17) is 14.2 Å². The molecular weight excluding hydrogens is 244 g/mol. The lowest BCUT2D eigenvalue weighted by molar-refractivity contribution is -0.101. The Hall–Kier alpha value is -1.26. The van der Waals surface area contributed by atoms with Crippen LogP contribution in [-0.4, -0.2) is 31.7 Å². The van der Waals surface area contributed by atoms with Gasteiger partial charge < -0.3 is 19.3 Å². The lowest BCUT2D eigenvalue weighted by atomic mass is 9.66. The molecule has 4 heteroatoms. The van der Waals surface area contributed by atoms with Gasteiger partial charge in [0, 0.05) is 12.0 Å². The number of hydrogen-bond donors (Lipinski definition) is 1. The molecule has 0 radical (unpaired) electrons. The van der Waals surface area contributed by atoms with E-state index in [1.807, 2.05) is 6.07 Å². The Bertz CT molecular complexity index is 475. The molecule has 1 saturated heterocycles.